The quantitative estimate of drug-likeness (QED) is 0.672. The van der Waals surface area contributed by atoms with Crippen molar-refractivity contribution >= 4 is 39.2 Å². The molecule has 1 heterocycles. The van der Waals surface area contributed by atoms with Gasteiger partial charge >= 0.3 is 11.9 Å². The van der Waals surface area contributed by atoms with Crippen molar-refractivity contribution in [1.82, 2.24) is 4.98 Å². The summed E-state index contributed by atoms with van der Waals surface area (Å²) in [7, 11) is 0. The van der Waals surface area contributed by atoms with Crippen LogP contribution in [0.2, 0.25) is 0 Å². The second-order valence-electron chi connectivity index (χ2n) is 4.82. The van der Waals surface area contributed by atoms with Crippen LogP contribution in [0, 0.1) is 12.7 Å². The first-order valence-corrected chi connectivity index (χ1v) is 8.80. The molecule has 0 saturated heterocycles. The third-order valence-corrected chi connectivity index (χ3v) is 4.30. The number of benzene rings is 1. The van der Waals surface area contributed by atoms with Gasteiger partial charge in [-0.15, -0.1) is 11.3 Å². The average molecular weight is 416 g/mol. The van der Waals surface area contributed by atoms with Crippen molar-refractivity contribution in [2.24, 2.45) is 0 Å². The number of esters is 2. The van der Waals surface area contributed by atoms with Crippen LogP contribution < -0.4 is 0 Å². The maximum absolute atomic E-state index is 14.1. The first-order chi connectivity index (χ1) is 11.4. The predicted octanol–water partition coefficient (Wildman–Crippen LogP) is 3.74. The molecule has 0 aliphatic heterocycles. The summed E-state index contributed by atoms with van der Waals surface area (Å²) in [6.07, 6.45) is -1.55. The zero-order valence-electron chi connectivity index (χ0n) is 13.0. The molecule has 5 nitrogen and oxygen atoms in total. The van der Waals surface area contributed by atoms with E-state index in [-0.39, 0.29) is 18.6 Å². The smallest absolute Gasteiger partial charge is 0.352 e. The molecular weight excluding hydrogens is 401 g/mol. The second-order valence-corrected chi connectivity index (χ2v) is 6.80. The number of hydrogen-bond donors (Lipinski definition) is 0. The molecule has 1 aromatic carbocycles. The summed E-state index contributed by atoms with van der Waals surface area (Å²) in [5.74, 6) is -2.16. The van der Waals surface area contributed by atoms with Gasteiger partial charge in [-0.1, -0.05) is 22.0 Å². The maximum atomic E-state index is 14.1. The molecule has 24 heavy (non-hydrogen) atoms. The number of carbonyl (C=O) groups excluding carboxylic acids is 2. The Labute approximate surface area is 150 Å². The van der Waals surface area contributed by atoms with E-state index in [9.17, 15) is 14.0 Å². The number of rotatable bonds is 6. The van der Waals surface area contributed by atoms with Gasteiger partial charge in [0.15, 0.2) is 0 Å². The Morgan fingerprint density at radius 3 is 2.75 bits per heavy atom. The van der Waals surface area contributed by atoms with Crippen molar-refractivity contribution in [3.63, 3.8) is 0 Å². The monoisotopic (exact) mass is 415 g/mol. The zero-order valence-corrected chi connectivity index (χ0v) is 15.4. The lowest BCUT2D eigenvalue weighted by Crippen LogP contribution is -2.24. The summed E-state index contributed by atoms with van der Waals surface area (Å²) in [6, 6.07) is 4.13. The van der Waals surface area contributed by atoms with Crippen molar-refractivity contribution in [1.29, 1.82) is 0 Å². The van der Waals surface area contributed by atoms with Gasteiger partial charge in [0.05, 0.1) is 23.7 Å². The molecule has 1 unspecified atom stereocenters. The van der Waals surface area contributed by atoms with E-state index in [4.69, 9.17) is 9.47 Å². The molecule has 0 N–H and O–H groups in total. The standard InChI is InChI=1S/C16H15BrFNO4S/c1-3-22-16(21)15(12-5-4-10(17)6-13(12)18)23-14(20)7-11-8-24-9(2)19-11/h4-6,8,15H,3,7H2,1-2H3. The molecule has 0 bridgehead atoms. The van der Waals surface area contributed by atoms with Gasteiger partial charge < -0.3 is 9.47 Å². The summed E-state index contributed by atoms with van der Waals surface area (Å²) in [5.41, 5.74) is 0.487. The fourth-order valence-electron chi connectivity index (χ4n) is 1.98. The number of ether oxygens (including phenoxy) is 2. The third-order valence-electron chi connectivity index (χ3n) is 2.99. The molecule has 0 fully saturated rings. The van der Waals surface area contributed by atoms with E-state index in [1.807, 2.05) is 6.92 Å². The van der Waals surface area contributed by atoms with E-state index in [0.29, 0.717) is 10.2 Å². The third kappa shape index (κ3) is 4.85. The molecule has 0 aliphatic rings. The van der Waals surface area contributed by atoms with E-state index in [1.54, 1.807) is 18.4 Å². The summed E-state index contributed by atoms with van der Waals surface area (Å²) >= 11 is 4.54. The largest absolute Gasteiger partial charge is 0.463 e. The molecule has 128 valence electrons. The van der Waals surface area contributed by atoms with Crippen molar-refractivity contribution in [3.05, 3.63) is 50.1 Å². The summed E-state index contributed by atoms with van der Waals surface area (Å²) in [5, 5.41) is 2.55. The molecule has 0 aliphatic carbocycles. The van der Waals surface area contributed by atoms with Crippen molar-refractivity contribution in [3.8, 4) is 0 Å². The number of aryl methyl sites for hydroxylation is 1. The Morgan fingerprint density at radius 2 is 2.17 bits per heavy atom. The Balaban J connectivity index is 2.19. The Hall–Kier alpha value is -1.80. The fourth-order valence-corrected chi connectivity index (χ4v) is 2.93. The lowest BCUT2D eigenvalue weighted by Gasteiger charge is -2.17. The summed E-state index contributed by atoms with van der Waals surface area (Å²) < 4.78 is 24.7. The van der Waals surface area contributed by atoms with Crippen molar-refractivity contribution in [2.45, 2.75) is 26.4 Å². The molecule has 0 amide bonds. The summed E-state index contributed by atoms with van der Waals surface area (Å²) in [6.45, 7) is 3.53. The first-order valence-electron chi connectivity index (χ1n) is 7.12. The van der Waals surface area contributed by atoms with Crippen molar-refractivity contribution < 1.29 is 23.5 Å². The minimum Gasteiger partial charge on any atom is -0.463 e. The number of nitrogens with zero attached hydrogens (tertiary/aromatic N) is 1. The molecule has 2 rings (SSSR count). The highest BCUT2D eigenvalue weighted by molar-refractivity contribution is 9.10. The molecule has 0 spiro atoms. The van der Waals surface area contributed by atoms with Crippen LogP contribution in [0.25, 0.3) is 0 Å². The average Bonchev–Trinajstić information content (AvgIpc) is 2.90. The highest BCUT2D eigenvalue weighted by atomic mass is 79.9. The van der Waals surface area contributed by atoms with Crippen LogP contribution in [-0.2, 0) is 25.5 Å². The number of hydrogen-bond acceptors (Lipinski definition) is 6. The molecule has 1 atom stereocenters. The minimum atomic E-state index is -1.45. The van der Waals surface area contributed by atoms with E-state index >= 15 is 0 Å². The first kappa shape index (κ1) is 18.5. The van der Waals surface area contributed by atoms with E-state index in [2.05, 4.69) is 20.9 Å². The highest BCUT2D eigenvalue weighted by Gasteiger charge is 2.29. The molecule has 0 radical (unpaired) electrons. The normalized spacial score (nSPS) is 11.8. The van der Waals surface area contributed by atoms with Crippen LogP contribution in [-0.4, -0.2) is 23.5 Å². The predicted molar refractivity (Wildman–Crippen MR) is 90.1 cm³/mol. The summed E-state index contributed by atoms with van der Waals surface area (Å²) in [4.78, 5) is 28.3. The molecule has 0 saturated carbocycles. The molecule has 8 heteroatoms. The Bertz CT molecular complexity index is 749. The van der Waals surface area contributed by atoms with Crippen LogP contribution in [0.1, 0.15) is 29.3 Å². The fraction of sp³-hybridized carbons (Fsp3) is 0.312. The molecule has 2 aromatic rings. The topological polar surface area (TPSA) is 65.5 Å². The number of aromatic nitrogens is 1. The van der Waals surface area contributed by atoms with Gasteiger partial charge in [-0.3, -0.25) is 4.79 Å². The number of halogens is 2. The van der Waals surface area contributed by atoms with Gasteiger partial charge in [0, 0.05) is 15.4 Å². The Kier molecular flexibility index (Phi) is 6.44. The van der Waals surface area contributed by atoms with Gasteiger partial charge in [-0.25, -0.2) is 14.2 Å². The number of thiazole rings is 1. The lowest BCUT2D eigenvalue weighted by molar-refractivity contribution is -0.168. The SMILES string of the molecule is CCOC(=O)C(OC(=O)Cc1csc(C)n1)c1ccc(Br)cc1F. The highest BCUT2D eigenvalue weighted by Crippen LogP contribution is 2.26. The molecule has 1 aromatic heterocycles. The lowest BCUT2D eigenvalue weighted by atomic mass is 10.1. The van der Waals surface area contributed by atoms with Gasteiger partial charge in [0.25, 0.3) is 0 Å². The van der Waals surface area contributed by atoms with Gasteiger partial charge in [-0.05, 0) is 26.0 Å². The molecular formula is C16H15BrFNO4S. The van der Waals surface area contributed by atoms with Crippen molar-refractivity contribution in [2.75, 3.05) is 6.61 Å². The van der Waals surface area contributed by atoms with Gasteiger partial charge in [-0.2, -0.15) is 0 Å². The van der Waals surface area contributed by atoms with Crippen LogP contribution in [0.3, 0.4) is 0 Å². The van der Waals surface area contributed by atoms with Gasteiger partial charge in [0.1, 0.15) is 5.82 Å². The van der Waals surface area contributed by atoms with Crippen LogP contribution in [0.4, 0.5) is 4.39 Å². The maximum Gasteiger partial charge on any atom is 0.352 e. The van der Waals surface area contributed by atoms with Crippen LogP contribution >= 0.6 is 27.3 Å². The minimum absolute atomic E-state index is 0.0561. The van der Waals surface area contributed by atoms with E-state index in [1.165, 1.54) is 23.5 Å². The number of carbonyl (C=O) groups is 2. The zero-order chi connectivity index (χ0) is 17.7. The van der Waals surface area contributed by atoms with Gasteiger partial charge in [0.2, 0.25) is 6.10 Å². The van der Waals surface area contributed by atoms with Crippen LogP contribution in [0.15, 0.2) is 28.1 Å². The second kappa shape index (κ2) is 8.34. The van der Waals surface area contributed by atoms with E-state index < -0.39 is 23.9 Å². The Morgan fingerprint density at radius 1 is 1.42 bits per heavy atom. The van der Waals surface area contributed by atoms with Crippen LogP contribution in [0.5, 0.6) is 0 Å². The van der Waals surface area contributed by atoms with E-state index in [0.717, 1.165) is 5.01 Å².